The van der Waals surface area contributed by atoms with E-state index in [9.17, 15) is 4.79 Å². The molecule has 0 aromatic carbocycles. The highest BCUT2D eigenvalue weighted by atomic mass is 16.6. The molecule has 3 N–H and O–H groups in total. The Labute approximate surface area is 83.1 Å². The zero-order chi connectivity index (χ0) is 10.6. The van der Waals surface area contributed by atoms with Gasteiger partial charge in [0.15, 0.2) is 0 Å². The minimum Gasteiger partial charge on any atom is -0.481 e. The van der Waals surface area contributed by atoms with Crippen molar-refractivity contribution in [3.8, 4) is 0 Å². The predicted molar refractivity (Wildman–Crippen MR) is 49.5 cm³/mol. The summed E-state index contributed by atoms with van der Waals surface area (Å²) in [4.78, 5) is 10.6. The SMILES string of the molecule is COC(O)NC1CCC(C(=O)O)CC1. The van der Waals surface area contributed by atoms with E-state index in [4.69, 9.17) is 10.2 Å². The summed E-state index contributed by atoms with van der Waals surface area (Å²) in [7, 11) is 1.42. The third-order valence-electron chi connectivity index (χ3n) is 2.68. The van der Waals surface area contributed by atoms with E-state index in [1.165, 1.54) is 7.11 Å². The fourth-order valence-electron chi connectivity index (χ4n) is 1.78. The van der Waals surface area contributed by atoms with Crippen molar-refractivity contribution < 1.29 is 19.7 Å². The molecule has 0 aromatic heterocycles. The quantitative estimate of drug-likeness (QED) is 0.566. The Morgan fingerprint density at radius 3 is 2.43 bits per heavy atom. The Hall–Kier alpha value is -0.650. The van der Waals surface area contributed by atoms with Crippen molar-refractivity contribution in [1.82, 2.24) is 5.32 Å². The van der Waals surface area contributed by atoms with Gasteiger partial charge in [-0.1, -0.05) is 0 Å². The summed E-state index contributed by atoms with van der Waals surface area (Å²) in [5, 5.41) is 20.8. The maximum absolute atomic E-state index is 10.6. The lowest BCUT2D eigenvalue weighted by molar-refractivity contribution is -0.143. The first kappa shape index (κ1) is 11.4. The van der Waals surface area contributed by atoms with Gasteiger partial charge < -0.3 is 14.9 Å². The van der Waals surface area contributed by atoms with Crippen molar-refractivity contribution in [3.05, 3.63) is 0 Å². The molecule has 1 saturated carbocycles. The highest BCUT2D eigenvalue weighted by molar-refractivity contribution is 5.70. The number of methoxy groups -OCH3 is 1. The molecule has 1 atom stereocenters. The molecular weight excluding hydrogens is 186 g/mol. The smallest absolute Gasteiger partial charge is 0.306 e. The molecule has 82 valence electrons. The highest BCUT2D eigenvalue weighted by Gasteiger charge is 2.26. The first-order valence-corrected chi connectivity index (χ1v) is 4.83. The molecule has 5 nitrogen and oxygen atoms in total. The minimum absolute atomic E-state index is 0.167. The fourth-order valence-corrected chi connectivity index (χ4v) is 1.78. The molecule has 0 aromatic rings. The monoisotopic (exact) mass is 203 g/mol. The molecule has 0 heterocycles. The molecule has 0 bridgehead atoms. The number of hydrogen-bond donors (Lipinski definition) is 3. The van der Waals surface area contributed by atoms with E-state index >= 15 is 0 Å². The van der Waals surface area contributed by atoms with Crippen LogP contribution in [0.1, 0.15) is 25.7 Å². The molecule has 0 saturated heterocycles. The first-order chi connectivity index (χ1) is 6.63. The van der Waals surface area contributed by atoms with Crippen molar-refractivity contribution in [3.63, 3.8) is 0 Å². The number of aliphatic carboxylic acids is 1. The number of carboxylic acid groups (broad SMARTS) is 1. The highest BCUT2D eigenvalue weighted by Crippen LogP contribution is 2.24. The van der Waals surface area contributed by atoms with Crippen LogP contribution in [0.4, 0.5) is 0 Å². The summed E-state index contributed by atoms with van der Waals surface area (Å²) in [6, 6.07) is 0.167. The number of aliphatic hydroxyl groups excluding tert-OH is 1. The van der Waals surface area contributed by atoms with Gasteiger partial charge in [0.1, 0.15) is 0 Å². The maximum Gasteiger partial charge on any atom is 0.306 e. The molecule has 0 amide bonds. The second kappa shape index (κ2) is 5.29. The second-order valence-electron chi connectivity index (χ2n) is 3.64. The van der Waals surface area contributed by atoms with Gasteiger partial charge in [-0.2, -0.15) is 0 Å². The van der Waals surface area contributed by atoms with E-state index < -0.39 is 12.4 Å². The molecule has 0 aliphatic heterocycles. The molecule has 1 rings (SSSR count). The zero-order valence-electron chi connectivity index (χ0n) is 8.27. The summed E-state index contributed by atoms with van der Waals surface area (Å²) in [5.41, 5.74) is 0. The van der Waals surface area contributed by atoms with Gasteiger partial charge >= 0.3 is 5.97 Å². The second-order valence-corrected chi connectivity index (χ2v) is 3.64. The molecule has 1 aliphatic carbocycles. The number of nitrogens with one attached hydrogen (secondary N) is 1. The molecule has 14 heavy (non-hydrogen) atoms. The van der Waals surface area contributed by atoms with E-state index in [0.717, 1.165) is 12.8 Å². The van der Waals surface area contributed by atoms with Crippen LogP contribution >= 0.6 is 0 Å². The lowest BCUT2D eigenvalue weighted by atomic mass is 9.86. The van der Waals surface area contributed by atoms with Gasteiger partial charge in [-0.15, -0.1) is 0 Å². The van der Waals surface area contributed by atoms with Gasteiger partial charge in [0.2, 0.25) is 6.41 Å². The Kier molecular flexibility index (Phi) is 4.31. The Morgan fingerprint density at radius 2 is 2.00 bits per heavy atom. The zero-order valence-corrected chi connectivity index (χ0v) is 8.27. The van der Waals surface area contributed by atoms with Crippen molar-refractivity contribution >= 4 is 5.97 Å². The van der Waals surface area contributed by atoms with Gasteiger partial charge in [0.05, 0.1) is 5.92 Å². The molecule has 1 fully saturated rings. The van der Waals surface area contributed by atoms with E-state index in [0.29, 0.717) is 12.8 Å². The maximum atomic E-state index is 10.6. The van der Waals surface area contributed by atoms with Crippen LogP contribution < -0.4 is 5.32 Å². The average molecular weight is 203 g/mol. The third-order valence-corrected chi connectivity index (χ3v) is 2.68. The topological polar surface area (TPSA) is 78.8 Å². The minimum atomic E-state index is -0.943. The van der Waals surface area contributed by atoms with Gasteiger partial charge in [-0.3, -0.25) is 10.1 Å². The first-order valence-electron chi connectivity index (χ1n) is 4.83. The molecule has 1 unspecified atom stereocenters. The average Bonchev–Trinajstić information content (AvgIpc) is 2.18. The lowest BCUT2D eigenvalue weighted by Crippen LogP contribution is -2.42. The standard InChI is InChI=1S/C9H17NO4/c1-14-9(13)10-7-4-2-6(3-5-7)8(11)12/h6-7,9-10,13H,2-5H2,1H3,(H,11,12). The van der Waals surface area contributed by atoms with Crippen LogP contribution in [0.5, 0.6) is 0 Å². The number of rotatable bonds is 4. The van der Waals surface area contributed by atoms with Gasteiger partial charge in [0.25, 0.3) is 0 Å². The van der Waals surface area contributed by atoms with Gasteiger partial charge in [-0.05, 0) is 25.7 Å². The van der Waals surface area contributed by atoms with Crippen LogP contribution in [-0.4, -0.2) is 35.7 Å². The lowest BCUT2D eigenvalue weighted by Gasteiger charge is -2.28. The Bertz CT molecular complexity index is 189. The van der Waals surface area contributed by atoms with Crippen molar-refractivity contribution in [2.24, 2.45) is 5.92 Å². The summed E-state index contributed by atoms with van der Waals surface area (Å²) < 4.78 is 4.66. The Balaban J connectivity index is 2.25. The molecular formula is C9H17NO4. The largest absolute Gasteiger partial charge is 0.481 e. The number of aliphatic hydroxyl groups is 1. The molecule has 0 radical (unpaired) electrons. The van der Waals surface area contributed by atoms with Gasteiger partial charge in [-0.25, -0.2) is 0 Å². The normalized spacial score (nSPS) is 29.9. The number of carbonyl (C=O) groups is 1. The summed E-state index contributed by atoms with van der Waals surface area (Å²) in [6.45, 7) is 0. The fraction of sp³-hybridized carbons (Fsp3) is 0.889. The van der Waals surface area contributed by atoms with E-state index in [2.05, 4.69) is 10.1 Å². The van der Waals surface area contributed by atoms with Crippen LogP contribution in [0, 0.1) is 5.92 Å². The van der Waals surface area contributed by atoms with Crippen molar-refractivity contribution in [2.75, 3.05) is 7.11 Å². The van der Waals surface area contributed by atoms with Crippen LogP contribution in [0.2, 0.25) is 0 Å². The summed E-state index contributed by atoms with van der Waals surface area (Å²) >= 11 is 0. The van der Waals surface area contributed by atoms with E-state index in [1.54, 1.807) is 0 Å². The van der Waals surface area contributed by atoms with Crippen LogP contribution in [0.15, 0.2) is 0 Å². The number of hydrogen-bond acceptors (Lipinski definition) is 4. The van der Waals surface area contributed by atoms with Crippen LogP contribution in [0.3, 0.4) is 0 Å². The van der Waals surface area contributed by atoms with E-state index in [1.807, 2.05) is 0 Å². The predicted octanol–water partition coefficient (Wildman–Crippen LogP) is 0.142. The van der Waals surface area contributed by atoms with E-state index in [-0.39, 0.29) is 12.0 Å². The van der Waals surface area contributed by atoms with Crippen LogP contribution in [0.25, 0.3) is 0 Å². The number of ether oxygens (including phenoxy) is 1. The Morgan fingerprint density at radius 1 is 1.43 bits per heavy atom. The number of carboxylic acids is 1. The summed E-state index contributed by atoms with van der Waals surface area (Å²) in [6.07, 6.45) is 1.95. The molecule has 5 heteroatoms. The van der Waals surface area contributed by atoms with Crippen molar-refractivity contribution in [1.29, 1.82) is 0 Å². The van der Waals surface area contributed by atoms with Crippen molar-refractivity contribution in [2.45, 2.75) is 38.1 Å². The third kappa shape index (κ3) is 3.25. The molecule has 0 spiro atoms. The summed E-state index contributed by atoms with van der Waals surface area (Å²) in [5.74, 6) is -0.927. The van der Waals surface area contributed by atoms with Gasteiger partial charge in [0, 0.05) is 13.2 Å². The molecule has 1 aliphatic rings. The van der Waals surface area contributed by atoms with Crippen LogP contribution in [-0.2, 0) is 9.53 Å².